The lowest BCUT2D eigenvalue weighted by molar-refractivity contribution is 1.30. The fraction of sp³-hybridized carbons (Fsp3) is 0. The molecule has 9 rings (SSSR count). The van der Waals surface area contributed by atoms with E-state index < -0.39 is 0 Å². The summed E-state index contributed by atoms with van der Waals surface area (Å²) < 4.78 is 5.14. The molecule has 0 radical (unpaired) electrons. The van der Waals surface area contributed by atoms with Gasteiger partial charge in [-0.05, 0) is 39.7 Å². The molecule has 0 saturated carbocycles. The predicted octanol–water partition coefficient (Wildman–Crippen LogP) is 10.1. The SMILES string of the molecule is c1ccc2c(c1)cn1c3cc4sc5ccccc5c4cc3c3c4ccccc4c4ccccc4c3c21. The molecular formula is C34H19NS. The average Bonchev–Trinajstić information content (AvgIpc) is 3.50. The van der Waals surface area contributed by atoms with Gasteiger partial charge in [0.2, 0.25) is 0 Å². The molecule has 0 unspecified atom stereocenters. The molecule has 0 spiro atoms. The van der Waals surface area contributed by atoms with Crippen LogP contribution in [0.4, 0.5) is 0 Å². The third kappa shape index (κ3) is 2.26. The highest BCUT2D eigenvalue weighted by molar-refractivity contribution is 7.25. The number of rotatable bonds is 0. The minimum atomic E-state index is 1.27. The van der Waals surface area contributed by atoms with Crippen molar-refractivity contribution in [1.29, 1.82) is 0 Å². The molecule has 0 aliphatic rings. The van der Waals surface area contributed by atoms with Gasteiger partial charge in [0.1, 0.15) is 0 Å². The van der Waals surface area contributed by atoms with Gasteiger partial charge in [0, 0.05) is 53.3 Å². The van der Waals surface area contributed by atoms with E-state index in [2.05, 4.69) is 120 Å². The summed E-state index contributed by atoms with van der Waals surface area (Å²) in [6, 6.07) is 40.3. The fourth-order valence-electron chi connectivity index (χ4n) is 6.43. The molecule has 1 nitrogen and oxygen atoms in total. The van der Waals surface area contributed by atoms with Crippen LogP contribution in [-0.2, 0) is 0 Å². The first-order valence-corrected chi connectivity index (χ1v) is 13.2. The number of aromatic nitrogens is 1. The molecule has 0 bridgehead atoms. The zero-order valence-corrected chi connectivity index (χ0v) is 20.1. The summed E-state index contributed by atoms with van der Waals surface area (Å²) in [5.74, 6) is 0. The van der Waals surface area contributed by atoms with Gasteiger partial charge in [-0.3, -0.25) is 0 Å². The van der Waals surface area contributed by atoms with Crippen molar-refractivity contribution in [2.45, 2.75) is 0 Å². The molecule has 0 amide bonds. The molecule has 166 valence electrons. The van der Waals surface area contributed by atoms with Gasteiger partial charge in [-0.25, -0.2) is 0 Å². The van der Waals surface area contributed by atoms with Crippen molar-refractivity contribution in [1.82, 2.24) is 4.40 Å². The Bertz CT molecular complexity index is 2370. The third-order valence-corrected chi connectivity index (χ3v) is 9.05. The summed E-state index contributed by atoms with van der Waals surface area (Å²) in [4.78, 5) is 0. The van der Waals surface area contributed by atoms with Gasteiger partial charge in [-0.15, -0.1) is 11.3 Å². The molecule has 9 aromatic rings. The van der Waals surface area contributed by atoms with Gasteiger partial charge >= 0.3 is 0 Å². The molecule has 3 heterocycles. The van der Waals surface area contributed by atoms with Gasteiger partial charge < -0.3 is 4.40 Å². The van der Waals surface area contributed by atoms with E-state index in [1.165, 1.54) is 79.7 Å². The van der Waals surface area contributed by atoms with E-state index in [0.29, 0.717) is 0 Å². The molecule has 0 aliphatic carbocycles. The quantitative estimate of drug-likeness (QED) is 0.193. The lowest BCUT2D eigenvalue weighted by Crippen LogP contribution is -1.92. The van der Waals surface area contributed by atoms with Crippen molar-refractivity contribution in [3.63, 3.8) is 0 Å². The Kier molecular flexibility index (Phi) is 3.47. The Morgan fingerprint density at radius 2 is 1.06 bits per heavy atom. The smallest absolute Gasteiger partial charge is 0.0620 e. The Labute approximate surface area is 210 Å². The summed E-state index contributed by atoms with van der Waals surface area (Å²) >= 11 is 1.89. The Balaban J connectivity index is 1.71. The number of pyridine rings is 1. The van der Waals surface area contributed by atoms with Crippen LogP contribution < -0.4 is 0 Å². The maximum absolute atomic E-state index is 2.46. The molecule has 2 heteroatoms. The van der Waals surface area contributed by atoms with Gasteiger partial charge in [0.15, 0.2) is 0 Å². The first-order valence-electron chi connectivity index (χ1n) is 12.4. The zero-order valence-electron chi connectivity index (χ0n) is 19.3. The number of benzene rings is 6. The summed E-state index contributed by atoms with van der Waals surface area (Å²) in [5, 5.41) is 14.6. The van der Waals surface area contributed by atoms with Gasteiger partial charge in [-0.2, -0.15) is 0 Å². The van der Waals surface area contributed by atoms with E-state index in [0.717, 1.165) is 0 Å². The first kappa shape index (κ1) is 18.9. The van der Waals surface area contributed by atoms with E-state index in [1.807, 2.05) is 11.3 Å². The third-order valence-electron chi connectivity index (χ3n) is 7.92. The largest absolute Gasteiger partial charge is 0.315 e. The summed E-state index contributed by atoms with van der Waals surface area (Å²) in [6.07, 6.45) is 2.33. The average molecular weight is 474 g/mol. The van der Waals surface area contributed by atoms with Crippen LogP contribution in [0.5, 0.6) is 0 Å². The standard InChI is InChI=1S/C34H19NS/c1-2-10-21-20(9-1)19-35-29-18-31-27(24-13-7-8-16-30(24)36-31)17-28(29)32-25-14-5-3-11-22(25)23-12-4-6-15-26(23)33(32)34(21)35/h1-19H. The highest BCUT2D eigenvalue weighted by Crippen LogP contribution is 2.45. The van der Waals surface area contributed by atoms with Crippen molar-refractivity contribution >= 4 is 91.0 Å². The second-order valence-electron chi connectivity index (χ2n) is 9.74. The van der Waals surface area contributed by atoms with Crippen molar-refractivity contribution in [3.8, 4) is 0 Å². The topological polar surface area (TPSA) is 4.41 Å². The molecule has 0 fully saturated rings. The number of nitrogens with zero attached hydrogens (tertiary/aromatic N) is 1. The van der Waals surface area contributed by atoms with E-state index >= 15 is 0 Å². The van der Waals surface area contributed by atoms with Gasteiger partial charge in [0.05, 0.1) is 11.0 Å². The van der Waals surface area contributed by atoms with Crippen LogP contribution in [-0.4, -0.2) is 4.40 Å². The molecule has 3 aromatic heterocycles. The number of thiophene rings is 1. The molecule has 0 N–H and O–H groups in total. The highest BCUT2D eigenvalue weighted by Gasteiger charge is 2.19. The normalized spacial score (nSPS) is 12.4. The minimum Gasteiger partial charge on any atom is -0.315 e. The van der Waals surface area contributed by atoms with E-state index in [9.17, 15) is 0 Å². The van der Waals surface area contributed by atoms with E-state index in [4.69, 9.17) is 0 Å². The monoisotopic (exact) mass is 473 g/mol. The van der Waals surface area contributed by atoms with Crippen LogP contribution in [0.15, 0.2) is 115 Å². The summed E-state index contributed by atoms with van der Waals surface area (Å²) in [7, 11) is 0. The van der Waals surface area contributed by atoms with Crippen LogP contribution in [0, 0.1) is 0 Å². The first-order chi connectivity index (χ1) is 17.9. The molecular weight excluding hydrogens is 454 g/mol. The Hall–Kier alpha value is -4.40. The molecule has 0 saturated heterocycles. The summed E-state index contributed by atoms with van der Waals surface area (Å²) in [5.41, 5.74) is 2.57. The number of fused-ring (bicyclic) bond motifs is 16. The van der Waals surface area contributed by atoms with E-state index in [-0.39, 0.29) is 0 Å². The van der Waals surface area contributed by atoms with Crippen LogP contribution >= 0.6 is 11.3 Å². The van der Waals surface area contributed by atoms with Gasteiger partial charge in [-0.1, -0.05) is 91.0 Å². The van der Waals surface area contributed by atoms with Crippen molar-refractivity contribution in [3.05, 3.63) is 115 Å². The molecule has 0 atom stereocenters. The maximum atomic E-state index is 2.46. The van der Waals surface area contributed by atoms with E-state index in [1.54, 1.807) is 0 Å². The minimum absolute atomic E-state index is 1.27. The maximum Gasteiger partial charge on any atom is 0.0620 e. The number of hydrogen-bond acceptors (Lipinski definition) is 1. The van der Waals surface area contributed by atoms with Crippen molar-refractivity contribution in [2.75, 3.05) is 0 Å². The van der Waals surface area contributed by atoms with Crippen molar-refractivity contribution in [2.24, 2.45) is 0 Å². The van der Waals surface area contributed by atoms with Gasteiger partial charge in [0.25, 0.3) is 0 Å². The second kappa shape index (κ2) is 6.63. The van der Waals surface area contributed by atoms with Crippen LogP contribution in [0.1, 0.15) is 0 Å². The zero-order chi connectivity index (χ0) is 23.4. The molecule has 0 aliphatic heterocycles. The van der Waals surface area contributed by atoms with Crippen LogP contribution in [0.3, 0.4) is 0 Å². The summed E-state index contributed by atoms with van der Waals surface area (Å²) in [6.45, 7) is 0. The highest BCUT2D eigenvalue weighted by atomic mass is 32.1. The Morgan fingerprint density at radius 1 is 0.444 bits per heavy atom. The molecule has 36 heavy (non-hydrogen) atoms. The number of hydrogen-bond donors (Lipinski definition) is 0. The lowest BCUT2D eigenvalue weighted by atomic mass is 9.91. The fourth-order valence-corrected chi connectivity index (χ4v) is 7.55. The Morgan fingerprint density at radius 3 is 1.83 bits per heavy atom. The van der Waals surface area contributed by atoms with Crippen LogP contribution in [0.25, 0.3) is 79.7 Å². The van der Waals surface area contributed by atoms with Crippen molar-refractivity contribution < 1.29 is 0 Å². The second-order valence-corrected chi connectivity index (χ2v) is 10.8. The molecule has 6 aromatic carbocycles. The lowest BCUT2D eigenvalue weighted by Gasteiger charge is -2.16. The van der Waals surface area contributed by atoms with Crippen LogP contribution in [0.2, 0.25) is 0 Å². The predicted molar refractivity (Wildman–Crippen MR) is 158 cm³/mol.